The Bertz CT molecular complexity index is 500. The SMILES string of the molecule is COC(=O)CC1C(=O)N(c2ccncn2)N=C1C. The molecule has 0 saturated heterocycles. The van der Waals surface area contributed by atoms with Gasteiger partial charge in [0.15, 0.2) is 5.82 Å². The van der Waals surface area contributed by atoms with Gasteiger partial charge in [-0.05, 0) is 6.92 Å². The quantitative estimate of drug-likeness (QED) is 0.722. The molecule has 1 aromatic rings. The minimum Gasteiger partial charge on any atom is -0.469 e. The Morgan fingerprint density at radius 2 is 2.33 bits per heavy atom. The van der Waals surface area contributed by atoms with Crippen LogP contribution >= 0.6 is 0 Å². The van der Waals surface area contributed by atoms with Crippen molar-refractivity contribution in [2.24, 2.45) is 11.0 Å². The third-order valence-electron chi connectivity index (χ3n) is 2.65. The smallest absolute Gasteiger partial charge is 0.306 e. The number of hydrazone groups is 1. The fraction of sp³-hybridized carbons (Fsp3) is 0.364. The Hall–Kier alpha value is -2.31. The van der Waals surface area contributed by atoms with Crippen molar-refractivity contribution in [2.45, 2.75) is 13.3 Å². The highest BCUT2D eigenvalue weighted by molar-refractivity contribution is 6.15. The summed E-state index contributed by atoms with van der Waals surface area (Å²) in [5.74, 6) is -0.904. The summed E-state index contributed by atoms with van der Waals surface area (Å²) in [5, 5.41) is 5.30. The average molecular weight is 248 g/mol. The maximum absolute atomic E-state index is 12.1. The second kappa shape index (κ2) is 4.91. The zero-order valence-electron chi connectivity index (χ0n) is 10.0. The van der Waals surface area contributed by atoms with Gasteiger partial charge >= 0.3 is 5.97 Å². The van der Waals surface area contributed by atoms with Crippen molar-refractivity contribution in [2.75, 3.05) is 12.1 Å². The highest BCUT2D eigenvalue weighted by Gasteiger charge is 2.36. The van der Waals surface area contributed by atoms with Crippen LogP contribution in [-0.2, 0) is 14.3 Å². The van der Waals surface area contributed by atoms with Crippen LogP contribution in [0, 0.1) is 5.92 Å². The molecule has 1 atom stereocenters. The third kappa shape index (κ3) is 2.20. The molecule has 1 aromatic heterocycles. The summed E-state index contributed by atoms with van der Waals surface area (Å²) in [6.45, 7) is 1.70. The number of aromatic nitrogens is 2. The van der Waals surface area contributed by atoms with E-state index in [1.165, 1.54) is 24.6 Å². The summed E-state index contributed by atoms with van der Waals surface area (Å²) >= 11 is 0. The van der Waals surface area contributed by atoms with E-state index >= 15 is 0 Å². The average Bonchev–Trinajstić information content (AvgIpc) is 2.67. The Morgan fingerprint density at radius 1 is 1.56 bits per heavy atom. The molecule has 0 N–H and O–H groups in total. The number of esters is 1. The molecular weight excluding hydrogens is 236 g/mol. The molecule has 2 rings (SSSR count). The summed E-state index contributed by atoms with van der Waals surface area (Å²) < 4.78 is 4.56. The van der Waals surface area contributed by atoms with Gasteiger partial charge in [-0.3, -0.25) is 9.59 Å². The molecule has 1 aliphatic heterocycles. The van der Waals surface area contributed by atoms with Gasteiger partial charge in [-0.2, -0.15) is 10.1 Å². The summed E-state index contributed by atoms with van der Waals surface area (Å²) in [5.41, 5.74) is 0.573. The number of methoxy groups -OCH3 is 1. The van der Waals surface area contributed by atoms with E-state index in [1.54, 1.807) is 13.0 Å². The number of amides is 1. The molecule has 0 aliphatic carbocycles. The first-order chi connectivity index (χ1) is 8.63. The van der Waals surface area contributed by atoms with Gasteiger partial charge in [0.25, 0.3) is 5.91 Å². The van der Waals surface area contributed by atoms with Gasteiger partial charge in [0.2, 0.25) is 0 Å². The van der Waals surface area contributed by atoms with Crippen LogP contribution in [0.15, 0.2) is 23.7 Å². The van der Waals surface area contributed by atoms with Crippen LogP contribution in [0.3, 0.4) is 0 Å². The molecule has 0 radical (unpaired) electrons. The van der Waals surface area contributed by atoms with E-state index in [0.717, 1.165) is 0 Å². The number of carbonyl (C=O) groups is 2. The number of nitrogens with zero attached hydrogens (tertiary/aromatic N) is 4. The van der Waals surface area contributed by atoms with E-state index in [4.69, 9.17) is 0 Å². The lowest BCUT2D eigenvalue weighted by atomic mass is 10.0. The number of ether oxygens (including phenoxy) is 1. The van der Waals surface area contributed by atoms with Crippen molar-refractivity contribution in [1.29, 1.82) is 0 Å². The van der Waals surface area contributed by atoms with Gasteiger partial charge < -0.3 is 4.74 Å². The highest BCUT2D eigenvalue weighted by Crippen LogP contribution is 2.23. The molecule has 1 aliphatic rings. The first-order valence-electron chi connectivity index (χ1n) is 5.35. The third-order valence-corrected chi connectivity index (χ3v) is 2.65. The molecule has 0 fully saturated rings. The molecule has 0 bridgehead atoms. The van der Waals surface area contributed by atoms with Crippen molar-refractivity contribution in [3.63, 3.8) is 0 Å². The molecule has 0 spiro atoms. The van der Waals surface area contributed by atoms with E-state index in [9.17, 15) is 9.59 Å². The number of hydrogen-bond acceptors (Lipinski definition) is 6. The monoisotopic (exact) mass is 248 g/mol. The van der Waals surface area contributed by atoms with Crippen molar-refractivity contribution in [3.8, 4) is 0 Å². The Kier molecular flexibility index (Phi) is 3.31. The summed E-state index contributed by atoms with van der Waals surface area (Å²) in [6.07, 6.45) is 2.85. The van der Waals surface area contributed by atoms with Crippen LogP contribution in [-0.4, -0.2) is 34.7 Å². The van der Waals surface area contributed by atoms with Crippen LogP contribution in [0.25, 0.3) is 0 Å². The van der Waals surface area contributed by atoms with E-state index in [0.29, 0.717) is 11.5 Å². The maximum Gasteiger partial charge on any atom is 0.306 e. The van der Waals surface area contributed by atoms with Crippen molar-refractivity contribution in [3.05, 3.63) is 18.6 Å². The molecule has 2 heterocycles. The highest BCUT2D eigenvalue weighted by atomic mass is 16.5. The van der Waals surface area contributed by atoms with Gasteiger partial charge in [0.05, 0.1) is 19.4 Å². The number of rotatable bonds is 3. The lowest BCUT2D eigenvalue weighted by molar-refractivity contribution is -0.142. The molecule has 0 aromatic carbocycles. The minimum absolute atomic E-state index is 0.00769. The number of hydrogen-bond donors (Lipinski definition) is 0. The van der Waals surface area contributed by atoms with Crippen molar-refractivity contribution >= 4 is 23.4 Å². The molecule has 1 unspecified atom stereocenters. The second-order valence-corrected chi connectivity index (χ2v) is 3.79. The van der Waals surface area contributed by atoms with E-state index < -0.39 is 11.9 Å². The van der Waals surface area contributed by atoms with Crippen LogP contribution in [0.4, 0.5) is 5.82 Å². The van der Waals surface area contributed by atoms with Crippen LogP contribution < -0.4 is 5.01 Å². The molecule has 1 amide bonds. The second-order valence-electron chi connectivity index (χ2n) is 3.79. The van der Waals surface area contributed by atoms with Gasteiger partial charge in [-0.15, -0.1) is 0 Å². The Morgan fingerprint density at radius 3 is 2.94 bits per heavy atom. The summed E-state index contributed by atoms with van der Waals surface area (Å²) in [7, 11) is 1.29. The molecule has 7 nitrogen and oxygen atoms in total. The lowest BCUT2D eigenvalue weighted by Crippen LogP contribution is -2.29. The lowest BCUT2D eigenvalue weighted by Gasteiger charge is -2.12. The Balaban J connectivity index is 2.19. The normalized spacial score (nSPS) is 18.8. The first-order valence-corrected chi connectivity index (χ1v) is 5.35. The fourth-order valence-electron chi connectivity index (χ4n) is 1.66. The molecule has 18 heavy (non-hydrogen) atoms. The van der Waals surface area contributed by atoms with Crippen molar-refractivity contribution < 1.29 is 14.3 Å². The molecule has 7 heteroatoms. The fourth-order valence-corrected chi connectivity index (χ4v) is 1.66. The van der Waals surface area contributed by atoms with E-state index in [-0.39, 0.29) is 12.3 Å². The molecule has 0 saturated carbocycles. The predicted octanol–water partition coefficient (Wildman–Crippen LogP) is 0.378. The van der Waals surface area contributed by atoms with E-state index in [2.05, 4.69) is 19.8 Å². The predicted molar refractivity (Wildman–Crippen MR) is 62.8 cm³/mol. The standard InChI is InChI=1S/C11H12N4O3/c1-7-8(5-10(16)18-2)11(17)15(14-7)9-3-4-12-6-13-9/h3-4,6,8H,5H2,1-2H3. The van der Waals surface area contributed by atoms with Crippen LogP contribution in [0.1, 0.15) is 13.3 Å². The summed E-state index contributed by atoms with van der Waals surface area (Å²) in [6, 6.07) is 1.58. The number of carbonyl (C=O) groups excluding carboxylic acids is 2. The topological polar surface area (TPSA) is 84.8 Å². The minimum atomic E-state index is -0.576. The van der Waals surface area contributed by atoms with Gasteiger partial charge in [0.1, 0.15) is 6.33 Å². The largest absolute Gasteiger partial charge is 0.469 e. The Labute approximate surface area is 103 Å². The van der Waals surface area contributed by atoms with E-state index in [1.807, 2.05) is 0 Å². The molecular formula is C11H12N4O3. The van der Waals surface area contributed by atoms with Crippen LogP contribution in [0.5, 0.6) is 0 Å². The van der Waals surface area contributed by atoms with Crippen LogP contribution in [0.2, 0.25) is 0 Å². The number of anilines is 1. The van der Waals surface area contributed by atoms with Gasteiger partial charge in [-0.1, -0.05) is 0 Å². The van der Waals surface area contributed by atoms with Crippen molar-refractivity contribution in [1.82, 2.24) is 9.97 Å². The zero-order valence-corrected chi connectivity index (χ0v) is 10.0. The first kappa shape index (κ1) is 12.2. The van der Waals surface area contributed by atoms with Gasteiger partial charge in [-0.25, -0.2) is 9.97 Å². The molecule has 94 valence electrons. The summed E-state index contributed by atoms with van der Waals surface area (Å²) in [4.78, 5) is 31.1. The maximum atomic E-state index is 12.1. The van der Waals surface area contributed by atoms with Gasteiger partial charge in [0, 0.05) is 18.0 Å². The zero-order chi connectivity index (χ0) is 13.1.